The number of nitrogens with two attached hydrogens (primary N) is 2. The van der Waals surface area contributed by atoms with E-state index in [1.165, 1.54) is 43.3 Å². The van der Waals surface area contributed by atoms with Gasteiger partial charge in [0.15, 0.2) is 15.5 Å². The van der Waals surface area contributed by atoms with Crippen LogP contribution >= 0.6 is 74.8 Å². The van der Waals surface area contributed by atoms with Crippen molar-refractivity contribution < 1.29 is 72.7 Å². The summed E-state index contributed by atoms with van der Waals surface area (Å²) in [5.74, 6) is -0.0738. The number of aryl methyl sites for hydroxylation is 5. The van der Waals surface area contributed by atoms with Gasteiger partial charge in [-0.25, -0.2) is 27.0 Å². The van der Waals surface area contributed by atoms with Crippen LogP contribution in [0.15, 0.2) is 95.2 Å². The molecule has 5 aromatic heterocycles. The van der Waals surface area contributed by atoms with Crippen molar-refractivity contribution in [3.63, 3.8) is 0 Å². The number of nitrogen functional groups attached to an aromatic ring is 1. The smallest absolute Gasteiger partial charge is 1.00 e. The number of halogens is 4. The number of fused-ring (bicyclic) bond motifs is 3. The zero-order valence-corrected chi connectivity index (χ0v) is 54.0. The van der Waals surface area contributed by atoms with Gasteiger partial charge < -0.3 is 15.6 Å². The Labute approximate surface area is 505 Å². The number of sulfone groups is 1. The molecule has 8 aromatic rings. The van der Waals surface area contributed by atoms with Gasteiger partial charge in [0.05, 0.1) is 33.6 Å². The summed E-state index contributed by atoms with van der Waals surface area (Å²) in [6, 6.07) is 20.8. The average Bonchev–Trinajstić information content (AvgIpc) is 3.73. The van der Waals surface area contributed by atoms with Crippen molar-refractivity contribution in [2.75, 3.05) is 18.2 Å². The molecule has 390 valence electrons. The van der Waals surface area contributed by atoms with Crippen LogP contribution in [0.2, 0.25) is 0 Å². The van der Waals surface area contributed by atoms with Gasteiger partial charge in [0.25, 0.3) is 5.91 Å². The number of nitriles is 1. The normalized spacial score (nSPS) is 11.3. The number of carbonyl (C=O) groups excluding carboxylic acids is 1. The Morgan fingerprint density at radius 1 is 0.811 bits per heavy atom. The van der Waals surface area contributed by atoms with Crippen LogP contribution in [0, 0.1) is 49.5 Å². The van der Waals surface area contributed by atoms with Crippen molar-refractivity contribution in [1.82, 2.24) is 35.0 Å². The molecule has 17 nitrogen and oxygen atoms in total. The molecule has 0 bridgehead atoms. The summed E-state index contributed by atoms with van der Waals surface area (Å²) < 4.78 is 68.5. The number of hydrogen-bond donors (Lipinski definition) is 3. The summed E-state index contributed by atoms with van der Waals surface area (Å²) in [6.45, 7) is 9.84. The Kier molecular flexibility index (Phi) is 26.1. The van der Waals surface area contributed by atoms with Crippen LogP contribution in [-0.4, -0.2) is 73.7 Å². The molecule has 0 aliphatic carbocycles. The zero-order valence-electron chi connectivity index (χ0n) is 41.1. The molecule has 3 aromatic carbocycles. The maximum Gasteiger partial charge on any atom is 1.00 e. The van der Waals surface area contributed by atoms with Gasteiger partial charge >= 0.3 is 62.7 Å². The third-order valence-electron chi connectivity index (χ3n) is 10.3. The van der Waals surface area contributed by atoms with Crippen molar-refractivity contribution in [3.8, 4) is 6.07 Å². The van der Waals surface area contributed by atoms with E-state index in [-0.39, 0.29) is 64.3 Å². The van der Waals surface area contributed by atoms with Crippen LogP contribution in [-0.2, 0) is 67.5 Å². The monoisotopic (exact) mass is 1470 g/mol. The van der Waals surface area contributed by atoms with Gasteiger partial charge in [0.1, 0.15) is 16.8 Å². The molecule has 1 atom stereocenters. The van der Waals surface area contributed by atoms with E-state index in [1.54, 1.807) is 63.9 Å². The number of carbonyl (C=O) groups is 1. The van der Waals surface area contributed by atoms with Gasteiger partial charge in [0, 0.05) is 73.7 Å². The van der Waals surface area contributed by atoms with Crippen molar-refractivity contribution in [3.05, 3.63) is 150 Å². The molecule has 0 radical (unpaired) electrons. The van der Waals surface area contributed by atoms with Gasteiger partial charge in [0.2, 0.25) is 10.0 Å². The van der Waals surface area contributed by atoms with E-state index >= 15 is 0 Å². The number of alkyl halides is 2. The fourth-order valence-electron chi connectivity index (χ4n) is 7.25. The first-order chi connectivity index (χ1) is 34.3. The molecule has 0 fully saturated rings. The summed E-state index contributed by atoms with van der Waals surface area (Å²) in [6.07, 6.45) is 8.91. The molecule has 26 heteroatoms. The molecule has 0 saturated heterocycles. The number of aromatic nitrogens is 6. The zero-order chi connectivity index (χ0) is 54.5. The first kappa shape index (κ1) is 65.2. The molecule has 1 unspecified atom stereocenters. The Bertz CT molecular complexity index is 3620. The van der Waals surface area contributed by atoms with Crippen molar-refractivity contribution in [2.24, 2.45) is 5.14 Å². The van der Waals surface area contributed by atoms with Crippen LogP contribution < -0.4 is 45.7 Å². The van der Waals surface area contributed by atoms with Gasteiger partial charge in [-0.2, -0.15) is 10.4 Å². The SMILES string of the molecule is CS(=O)[O-].Cc1cnc2c(I)cc(CBr)cc2c1.Cc1cnc2c(S(C)(=O)=O)cc(CBr)cc2c1.Cc1cnc2c(S(N)(=O)=O)cc(Cn3cc(C(=O)NCc4c(C)cc(N)nc4C)c(C#N)n3)cc2c1.[Cu][I].[Na+]. The minimum Gasteiger partial charge on any atom is 1.00 e. The van der Waals surface area contributed by atoms with Crippen LogP contribution in [0.3, 0.4) is 0 Å². The van der Waals surface area contributed by atoms with Crippen LogP contribution in [0.25, 0.3) is 32.7 Å². The van der Waals surface area contributed by atoms with Crippen molar-refractivity contribution in [1.29, 1.82) is 5.26 Å². The number of rotatable bonds is 9. The largest absolute Gasteiger partial charge is 1.00 e. The van der Waals surface area contributed by atoms with Gasteiger partial charge in [-0.15, -0.1) is 0 Å². The summed E-state index contributed by atoms with van der Waals surface area (Å²) in [5, 5.41) is 26.2. The first-order valence-electron chi connectivity index (χ1n) is 21.1. The number of nitrogens with zero attached hydrogens (tertiary/aromatic N) is 7. The number of anilines is 1. The van der Waals surface area contributed by atoms with Crippen molar-refractivity contribution >= 4 is 150 Å². The first-order valence-corrected chi connectivity index (χ1v) is 32.4. The molecule has 8 rings (SSSR count). The Morgan fingerprint density at radius 2 is 1.27 bits per heavy atom. The average molecular weight is 1470 g/mol. The Hall–Kier alpha value is -3.08. The molecule has 0 aliphatic rings. The molecule has 0 aliphatic heterocycles. The predicted molar refractivity (Wildman–Crippen MR) is 306 cm³/mol. The summed E-state index contributed by atoms with van der Waals surface area (Å²) in [4.78, 5) is 30.2. The fourth-order valence-corrected chi connectivity index (χ4v) is 10.4. The summed E-state index contributed by atoms with van der Waals surface area (Å²) in [7, 11) is -7.30. The molecule has 5 N–H and O–H groups in total. The van der Waals surface area contributed by atoms with Gasteiger partial charge in [-0.05, 0) is 169 Å². The van der Waals surface area contributed by atoms with Gasteiger partial charge in [-0.1, -0.05) is 42.9 Å². The van der Waals surface area contributed by atoms with Crippen molar-refractivity contribution in [2.45, 2.75) is 68.2 Å². The second-order valence-electron chi connectivity index (χ2n) is 16.3. The van der Waals surface area contributed by atoms with Crippen LogP contribution in [0.1, 0.15) is 66.3 Å². The molecular formula is C48H48Br2CuI2N10NaO7S3. The second-order valence-corrected chi connectivity index (χ2v) is 22.9. The minimum absolute atomic E-state index is 0. The molecule has 5 heterocycles. The van der Waals surface area contributed by atoms with E-state index in [1.807, 2.05) is 45.2 Å². The topological polar surface area (TPSA) is 283 Å². The molecule has 0 spiro atoms. The standard InChI is InChI=1S/C24H24N8O3S.C12H12BrNO2S.C11H9BrIN.CH4O2S.Cu.HI.Na/c1-13-4-17-6-16(7-21(36(27,34)35)23(17)28-9-13)11-32-12-19(20(8-25)31-32)24(33)29-10-18-14(2)5-22(26)30-15(18)3;1-8-3-10-4-9(6-13)5-11(17(2,15)16)12(10)14-7-8;1-7-2-9-3-8(5-12)4-10(13)11(9)14-6-7;1-4(2)3;;;/h4-7,9,12H,10-11H2,1-3H3,(H2,26,30)(H,29,33)(H2,27,34,35);3-5,7H,6H2,1-2H3;2-4,6H,5H2,1H3;1H3,(H,2,3);;1H;/q;;;;+1;;+1/p-2. The van der Waals surface area contributed by atoms with E-state index < -0.39 is 36.8 Å². The Balaban J connectivity index is 0.000000313. The Morgan fingerprint density at radius 3 is 1.74 bits per heavy atom. The van der Waals surface area contributed by atoms with E-state index in [9.17, 15) is 26.9 Å². The van der Waals surface area contributed by atoms with Crippen LogP contribution in [0.4, 0.5) is 5.82 Å². The number of benzene rings is 3. The number of nitrogens with one attached hydrogen (secondary N) is 1. The molecule has 0 saturated carbocycles. The number of amides is 1. The maximum absolute atomic E-state index is 12.9. The minimum atomic E-state index is -4.04. The second kappa shape index (κ2) is 29.6. The molecule has 1 amide bonds. The predicted octanol–water partition coefficient (Wildman–Crippen LogP) is 6.10. The summed E-state index contributed by atoms with van der Waals surface area (Å²) >= 11 is 13.2. The summed E-state index contributed by atoms with van der Waals surface area (Å²) in [5.41, 5.74) is 16.0. The third-order valence-corrected chi connectivity index (χ3v) is 14.4. The van der Waals surface area contributed by atoms with E-state index in [2.05, 4.69) is 123 Å². The number of pyridine rings is 4. The molecular weight excluding hydrogens is 1420 g/mol. The number of primary sulfonamides is 1. The quantitative estimate of drug-likeness (QED) is 0.0638. The van der Waals surface area contributed by atoms with E-state index in [0.29, 0.717) is 38.2 Å². The number of hydrogen-bond acceptors (Lipinski definition) is 14. The molecule has 74 heavy (non-hydrogen) atoms. The maximum atomic E-state index is 12.9. The third kappa shape index (κ3) is 18.5. The van der Waals surface area contributed by atoms with E-state index in [4.69, 9.17) is 19.6 Å². The van der Waals surface area contributed by atoms with E-state index in [0.717, 1.165) is 50.3 Å². The number of sulfonamides is 1. The van der Waals surface area contributed by atoms with Crippen LogP contribution in [0.5, 0.6) is 0 Å². The fraction of sp³-hybridized carbons (Fsp3) is 0.229. The van der Waals surface area contributed by atoms with Gasteiger partial charge in [-0.3, -0.25) is 28.6 Å².